The van der Waals surface area contributed by atoms with Gasteiger partial charge in [-0.1, -0.05) is 48.0 Å². The van der Waals surface area contributed by atoms with Crippen LogP contribution in [0.5, 0.6) is 0 Å². The van der Waals surface area contributed by atoms with E-state index in [0.29, 0.717) is 17.1 Å². The molecule has 1 unspecified atom stereocenters. The van der Waals surface area contributed by atoms with Gasteiger partial charge >= 0.3 is 0 Å². The predicted molar refractivity (Wildman–Crippen MR) is 71.5 cm³/mol. The van der Waals surface area contributed by atoms with Crippen molar-refractivity contribution in [1.29, 1.82) is 0 Å². The lowest BCUT2D eigenvalue weighted by Crippen LogP contribution is -2.14. The van der Waals surface area contributed by atoms with Crippen molar-refractivity contribution in [2.45, 2.75) is 73.6 Å². The van der Waals surface area contributed by atoms with Crippen LogP contribution in [0.2, 0.25) is 0 Å². The summed E-state index contributed by atoms with van der Waals surface area (Å²) in [5, 5.41) is 0. The van der Waals surface area contributed by atoms with Crippen LogP contribution in [0.25, 0.3) is 0 Å². The van der Waals surface area contributed by atoms with Gasteiger partial charge in [-0.25, -0.2) is 0 Å². The molecule has 0 spiro atoms. The standard InChI is InChI=1S/C15H30O/c1-12(2)8-7-9-14(16)10-13(3)11-15(4,5)6/h12-13H,7-11H2,1-6H3. The van der Waals surface area contributed by atoms with Crippen molar-refractivity contribution in [3.8, 4) is 0 Å². The summed E-state index contributed by atoms with van der Waals surface area (Å²) in [5.74, 6) is 1.71. The fourth-order valence-electron chi connectivity index (χ4n) is 2.32. The van der Waals surface area contributed by atoms with E-state index in [0.717, 1.165) is 31.6 Å². The molecule has 1 atom stereocenters. The van der Waals surface area contributed by atoms with Crippen LogP contribution in [0.15, 0.2) is 0 Å². The van der Waals surface area contributed by atoms with E-state index in [1.807, 2.05) is 0 Å². The minimum absolute atomic E-state index is 0.345. The number of carbonyl (C=O) groups is 1. The lowest BCUT2D eigenvalue weighted by atomic mass is 9.83. The normalized spacial score (nSPS) is 14.2. The summed E-state index contributed by atoms with van der Waals surface area (Å²) < 4.78 is 0. The van der Waals surface area contributed by atoms with Crippen LogP contribution >= 0.6 is 0 Å². The van der Waals surface area contributed by atoms with Gasteiger partial charge < -0.3 is 0 Å². The average Bonchev–Trinajstić information content (AvgIpc) is 1.98. The van der Waals surface area contributed by atoms with Gasteiger partial charge in [-0.3, -0.25) is 4.79 Å². The maximum absolute atomic E-state index is 11.7. The molecule has 0 aromatic carbocycles. The highest BCUT2D eigenvalue weighted by Crippen LogP contribution is 2.26. The molecule has 0 aliphatic heterocycles. The fraction of sp³-hybridized carbons (Fsp3) is 0.933. The van der Waals surface area contributed by atoms with Gasteiger partial charge in [0.15, 0.2) is 0 Å². The third-order valence-corrected chi connectivity index (χ3v) is 2.77. The Morgan fingerprint density at radius 1 is 1.12 bits per heavy atom. The molecular weight excluding hydrogens is 196 g/mol. The third kappa shape index (κ3) is 10.2. The quantitative estimate of drug-likeness (QED) is 0.607. The van der Waals surface area contributed by atoms with Crippen molar-refractivity contribution in [3.05, 3.63) is 0 Å². The van der Waals surface area contributed by atoms with Crippen molar-refractivity contribution < 1.29 is 4.79 Å². The van der Waals surface area contributed by atoms with Crippen LogP contribution in [0.1, 0.15) is 73.6 Å². The third-order valence-electron chi connectivity index (χ3n) is 2.77. The van der Waals surface area contributed by atoms with Gasteiger partial charge in [0.05, 0.1) is 0 Å². The second-order valence-corrected chi connectivity index (χ2v) is 6.90. The Bertz CT molecular complexity index is 198. The molecule has 0 aliphatic carbocycles. The Morgan fingerprint density at radius 2 is 1.69 bits per heavy atom. The maximum Gasteiger partial charge on any atom is 0.133 e. The molecule has 0 amide bonds. The van der Waals surface area contributed by atoms with Crippen LogP contribution in [-0.2, 0) is 4.79 Å². The molecular formula is C15H30O. The molecule has 0 bridgehead atoms. The van der Waals surface area contributed by atoms with Gasteiger partial charge in [0, 0.05) is 12.8 Å². The highest BCUT2D eigenvalue weighted by atomic mass is 16.1. The summed E-state index contributed by atoms with van der Waals surface area (Å²) in [6.07, 6.45) is 4.95. The van der Waals surface area contributed by atoms with Gasteiger partial charge in [0.25, 0.3) is 0 Å². The second kappa shape index (κ2) is 7.09. The van der Waals surface area contributed by atoms with E-state index in [1.165, 1.54) is 6.42 Å². The summed E-state index contributed by atoms with van der Waals surface area (Å²) in [4.78, 5) is 11.7. The molecule has 0 rings (SSSR count). The summed E-state index contributed by atoms with van der Waals surface area (Å²) in [7, 11) is 0. The lowest BCUT2D eigenvalue weighted by molar-refractivity contribution is -0.120. The first kappa shape index (κ1) is 15.7. The van der Waals surface area contributed by atoms with Crippen molar-refractivity contribution >= 4 is 5.78 Å². The molecule has 0 fully saturated rings. The van der Waals surface area contributed by atoms with E-state index >= 15 is 0 Å². The van der Waals surface area contributed by atoms with E-state index in [-0.39, 0.29) is 0 Å². The molecule has 16 heavy (non-hydrogen) atoms. The fourth-order valence-corrected chi connectivity index (χ4v) is 2.32. The zero-order valence-electron chi connectivity index (χ0n) is 12.1. The first-order valence-electron chi connectivity index (χ1n) is 6.72. The molecule has 0 saturated heterocycles. The van der Waals surface area contributed by atoms with Crippen molar-refractivity contribution in [1.82, 2.24) is 0 Å². The second-order valence-electron chi connectivity index (χ2n) is 6.90. The average molecular weight is 226 g/mol. The van der Waals surface area contributed by atoms with Crippen molar-refractivity contribution in [2.24, 2.45) is 17.3 Å². The zero-order valence-corrected chi connectivity index (χ0v) is 12.1. The smallest absolute Gasteiger partial charge is 0.133 e. The SMILES string of the molecule is CC(C)CCCC(=O)CC(C)CC(C)(C)C. The van der Waals surface area contributed by atoms with Gasteiger partial charge in [-0.2, -0.15) is 0 Å². The number of Topliss-reactive ketones (excluding diaryl/α,β-unsaturated/α-hetero) is 1. The Hall–Kier alpha value is -0.330. The molecule has 0 aromatic rings. The van der Waals surface area contributed by atoms with E-state index < -0.39 is 0 Å². The molecule has 0 heterocycles. The van der Waals surface area contributed by atoms with Crippen molar-refractivity contribution in [2.75, 3.05) is 0 Å². The minimum Gasteiger partial charge on any atom is -0.300 e. The van der Waals surface area contributed by atoms with Crippen LogP contribution in [0, 0.1) is 17.3 Å². The number of hydrogen-bond acceptors (Lipinski definition) is 1. The van der Waals surface area contributed by atoms with Crippen LogP contribution in [-0.4, -0.2) is 5.78 Å². The van der Waals surface area contributed by atoms with E-state index in [9.17, 15) is 4.79 Å². The highest BCUT2D eigenvalue weighted by Gasteiger charge is 2.17. The molecule has 0 N–H and O–H groups in total. The number of rotatable bonds is 7. The largest absolute Gasteiger partial charge is 0.300 e. The molecule has 0 aromatic heterocycles. The first-order chi connectivity index (χ1) is 7.20. The lowest BCUT2D eigenvalue weighted by Gasteiger charge is -2.22. The molecule has 96 valence electrons. The maximum atomic E-state index is 11.7. The van der Waals surface area contributed by atoms with E-state index in [4.69, 9.17) is 0 Å². The Balaban J connectivity index is 3.71. The number of ketones is 1. The van der Waals surface area contributed by atoms with Crippen LogP contribution < -0.4 is 0 Å². The Morgan fingerprint density at radius 3 is 2.12 bits per heavy atom. The number of hydrogen-bond donors (Lipinski definition) is 0. The molecule has 0 saturated carbocycles. The monoisotopic (exact) mass is 226 g/mol. The molecule has 0 radical (unpaired) electrons. The van der Waals surface area contributed by atoms with Gasteiger partial charge in [-0.05, 0) is 30.1 Å². The highest BCUT2D eigenvalue weighted by molar-refractivity contribution is 5.78. The molecule has 0 aliphatic rings. The zero-order chi connectivity index (χ0) is 12.8. The van der Waals surface area contributed by atoms with Gasteiger partial charge in [-0.15, -0.1) is 0 Å². The molecule has 1 heteroatoms. The minimum atomic E-state index is 0.345. The van der Waals surface area contributed by atoms with Gasteiger partial charge in [0.2, 0.25) is 0 Å². The first-order valence-corrected chi connectivity index (χ1v) is 6.72. The summed E-state index contributed by atoms with van der Waals surface area (Å²) in [6.45, 7) is 13.4. The number of carbonyl (C=O) groups excluding carboxylic acids is 1. The predicted octanol–water partition coefficient (Wildman–Crippen LogP) is 4.84. The Labute approximate surface area is 102 Å². The molecule has 1 nitrogen and oxygen atoms in total. The van der Waals surface area contributed by atoms with E-state index in [2.05, 4.69) is 41.5 Å². The summed E-state index contributed by atoms with van der Waals surface area (Å²) in [5.41, 5.74) is 0.345. The van der Waals surface area contributed by atoms with Gasteiger partial charge in [0.1, 0.15) is 5.78 Å². The van der Waals surface area contributed by atoms with Crippen molar-refractivity contribution in [3.63, 3.8) is 0 Å². The summed E-state index contributed by atoms with van der Waals surface area (Å²) >= 11 is 0. The van der Waals surface area contributed by atoms with E-state index in [1.54, 1.807) is 0 Å². The Kier molecular flexibility index (Phi) is 6.94. The summed E-state index contributed by atoms with van der Waals surface area (Å²) in [6, 6.07) is 0. The van der Waals surface area contributed by atoms with Crippen LogP contribution in [0.3, 0.4) is 0 Å². The van der Waals surface area contributed by atoms with Crippen LogP contribution in [0.4, 0.5) is 0 Å². The topological polar surface area (TPSA) is 17.1 Å².